The zero-order valence-corrected chi connectivity index (χ0v) is 18.1. The SMILES string of the molecule is CC(C)N1CCC(Oc2ccc(OCc3ccccc3Cl)c(CN(C)C)c2)C1. The summed E-state index contributed by atoms with van der Waals surface area (Å²) in [5.41, 5.74) is 2.10. The van der Waals surface area contributed by atoms with Crippen LogP contribution in [0.5, 0.6) is 11.5 Å². The summed E-state index contributed by atoms with van der Waals surface area (Å²) in [4.78, 5) is 4.60. The molecule has 0 aliphatic carbocycles. The number of nitrogens with zero attached hydrogens (tertiary/aromatic N) is 2. The molecular weight excluding hydrogens is 372 g/mol. The second-order valence-corrected chi connectivity index (χ2v) is 8.41. The van der Waals surface area contributed by atoms with Crippen molar-refractivity contribution < 1.29 is 9.47 Å². The normalized spacial score (nSPS) is 17.5. The number of likely N-dealkylation sites (tertiary alicyclic amines) is 1. The maximum atomic E-state index is 6.28. The molecular formula is C23H31ClN2O2. The van der Waals surface area contributed by atoms with Gasteiger partial charge in [0.25, 0.3) is 0 Å². The van der Waals surface area contributed by atoms with E-state index in [1.165, 1.54) is 0 Å². The van der Waals surface area contributed by atoms with Crippen molar-refractivity contribution in [3.8, 4) is 11.5 Å². The molecule has 0 N–H and O–H groups in total. The molecule has 0 radical (unpaired) electrons. The Morgan fingerprint density at radius 3 is 2.61 bits per heavy atom. The van der Waals surface area contributed by atoms with E-state index in [1.54, 1.807) is 0 Å². The third kappa shape index (κ3) is 5.63. The van der Waals surface area contributed by atoms with Crippen molar-refractivity contribution >= 4 is 11.6 Å². The lowest BCUT2D eigenvalue weighted by Crippen LogP contribution is -2.30. The monoisotopic (exact) mass is 402 g/mol. The Hall–Kier alpha value is -1.75. The lowest BCUT2D eigenvalue weighted by Gasteiger charge is -2.21. The van der Waals surface area contributed by atoms with Crippen molar-refractivity contribution in [2.75, 3.05) is 27.2 Å². The zero-order valence-electron chi connectivity index (χ0n) is 17.3. The predicted molar refractivity (Wildman–Crippen MR) is 115 cm³/mol. The summed E-state index contributed by atoms with van der Waals surface area (Å²) in [6.07, 6.45) is 1.33. The van der Waals surface area contributed by atoms with Crippen LogP contribution in [0.25, 0.3) is 0 Å². The summed E-state index contributed by atoms with van der Waals surface area (Å²) in [7, 11) is 4.12. The minimum absolute atomic E-state index is 0.254. The Morgan fingerprint density at radius 2 is 1.93 bits per heavy atom. The van der Waals surface area contributed by atoms with Crippen molar-refractivity contribution in [3.63, 3.8) is 0 Å². The largest absolute Gasteiger partial charge is 0.489 e. The summed E-state index contributed by atoms with van der Waals surface area (Å²) >= 11 is 6.26. The van der Waals surface area contributed by atoms with Crippen molar-refractivity contribution in [2.45, 2.75) is 45.6 Å². The fourth-order valence-corrected chi connectivity index (χ4v) is 3.71. The van der Waals surface area contributed by atoms with Gasteiger partial charge >= 0.3 is 0 Å². The molecule has 0 amide bonds. The van der Waals surface area contributed by atoms with E-state index in [-0.39, 0.29) is 6.10 Å². The smallest absolute Gasteiger partial charge is 0.124 e. The fourth-order valence-electron chi connectivity index (χ4n) is 3.52. The van der Waals surface area contributed by atoms with Gasteiger partial charge in [-0.25, -0.2) is 0 Å². The van der Waals surface area contributed by atoms with Gasteiger partial charge in [0.1, 0.15) is 24.2 Å². The molecule has 1 saturated heterocycles. The Balaban J connectivity index is 1.70. The molecule has 1 aliphatic rings. The molecule has 1 fully saturated rings. The van der Waals surface area contributed by atoms with Crippen LogP contribution in [0.4, 0.5) is 0 Å². The molecule has 0 bridgehead atoms. The van der Waals surface area contributed by atoms with Gasteiger partial charge in [-0.05, 0) is 58.6 Å². The predicted octanol–water partition coefficient (Wildman–Crippen LogP) is 4.84. The summed E-state index contributed by atoms with van der Waals surface area (Å²) in [5.74, 6) is 1.79. The molecule has 1 unspecified atom stereocenters. The highest BCUT2D eigenvalue weighted by Gasteiger charge is 2.25. The lowest BCUT2D eigenvalue weighted by molar-refractivity contribution is 0.186. The van der Waals surface area contributed by atoms with Gasteiger partial charge < -0.3 is 14.4 Å². The van der Waals surface area contributed by atoms with Crippen molar-refractivity contribution in [3.05, 3.63) is 58.6 Å². The highest BCUT2D eigenvalue weighted by molar-refractivity contribution is 6.31. The van der Waals surface area contributed by atoms with Gasteiger partial charge in [0.05, 0.1) is 0 Å². The van der Waals surface area contributed by atoms with Gasteiger partial charge in [0.15, 0.2) is 0 Å². The molecule has 28 heavy (non-hydrogen) atoms. The number of benzene rings is 2. The van der Waals surface area contributed by atoms with Crippen LogP contribution in [0.1, 0.15) is 31.4 Å². The third-order valence-corrected chi connectivity index (χ3v) is 5.44. The molecule has 0 spiro atoms. The first-order chi connectivity index (χ1) is 13.4. The molecule has 152 valence electrons. The standard InChI is InChI=1S/C23H31ClN2O2/c1-17(2)26-12-11-21(15-26)28-20-9-10-23(19(13-20)14-25(3)4)27-16-18-7-5-6-8-22(18)24/h5-10,13,17,21H,11-12,14-16H2,1-4H3. The van der Waals surface area contributed by atoms with E-state index in [2.05, 4.69) is 43.8 Å². The van der Waals surface area contributed by atoms with E-state index in [4.69, 9.17) is 21.1 Å². The first-order valence-electron chi connectivity index (χ1n) is 9.97. The number of rotatable bonds is 8. The van der Waals surface area contributed by atoms with E-state index < -0.39 is 0 Å². The van der Waals surface area contributed by atoms with Crippen LogP contribution >= 0.6 is 11.6 Å². The number of hydrogen-bond donors (Lipinski definition) is 0. The van der Waals surface area contributed by atoms with Crippen LogP contribution in [-0.4, -0.2) is 49.1 Å². The molecule has 1 heterocycles. The molecule has 0 aromatic heterocycles. The molecule has 1 atom stereocenters. The maximum absolute atomic E-state index is 6.28. The number of hydrogen-bond acceptors (Lipinski definition) is 4. The van der Waals surface area contributed by atoms with Crippen molar-refractivity contribution in [2.24, 2.45) is 0 Å². The zero-order chi connectivity index (χ0) is 20.1. The Labute approximate surface area is 174 Å². The summed E-state index contributed by atoms with van der Waals surface area (Å²) in [5, 5.41) is 0.729. The van der Waals surface area contributed by atoms with E-state index >= 15 is 0 Å². The Bertz CT molecular complexity index is 779. The minimum atomic E-state index is 0.254. The number of ether oxygens (including phenoxy) is 2. The van der Waals surface area contributed by atoms with Gasteiger partial charge in [0, 0.05) is 41.8 Å². The topological polar surface area (TPSA) is 24.9 Å². The quantitative estimate of drug-likeness (QED) is 0.630. The molecule has 2 aromatic carbocycles. The third-order valence-electron chi connectivity index (χ3n) is 5.07. The van der Waals surface area contributed by atoms with Gasteiger partial charge in [-0.15, -0.1) is 0 Å². The Kier molecular flexibility index (Phi) is 7.22. The lowest BCUT2D eigenvalue weighted by atomic mass is 10.1. The Morgan fingerprint density at radius 1 is 1.14 bits per heavy atom. The first kappa shape index (κ1) is 21.0. The summed E-state index contributed by atoms with van der Waals surface area (Å²) < 4.78 is 12.4. The van der Waals surface area contributed by atoms with Crippen LogP contribution in [0.3, 0.4) is 0 Å². The van der Waals surface area contributed by atoms with Crippen LogP contribution in [0.2, 0.25) is 5.02 Å². The van der Waals surface area contributed by atoms with Crippen molar-refractivity contribution in [1.82, 2.24) is 9.80 Å². The second-order valence-electron chi connectivity index (χ2n) is 8.00. The van der Waals surface area contributed by atoms with Crippen LogP contribution in [-0.2, 0) is 13.2 Å². The molecule has 2 aromatic rings. The average molecular weight is 403 g/mol. The molecule has 4 nitrogen and oxygen atoms in total. The summed E-state index contributed by atoms with van der Waals surface area (Å²) in [6, 6.07) is 14.5. The highest BCUT2D eigenvalue weighted by Crippen LogP contribution is 2.29. The van der Waals surface area contributed by atoms with E-state index in [1.807, 2.05) is 36.4 Å². The summed E-state index contributed by atoms with van der Waals surface area (Å²) in [6.45, 7) is 7.81. The van der Waals surface area contributed by atoms with Gasteiger partial charge in [0.2, 0.25) is 0 Å². The minimum Gasteiger partial charge on any atom is -0.489 e. The van der Waals surface area contributed by atoms with Crippen LogP contribution in [0.15, 0.2) is 42.5 Å². The maximum Gasteiger partial charge on any atom is 0.124 e. The van der Waals surface area contributed by atoms with Crippen LogP contribution in [0, 0.1) is 0 Å². The van der Waals surface area contributed by atoms with E-state index in [0.29, 0.717) is 12.6 Å². The van der Waals surface area contributed by atoms with Crippen LogP contribution < -0.4 is 9.47 Å². The van der Waals surface area contributed by atoms with Gasteiger partial charge in [-0.3, -0.25) is 4.90 Å². The van der Waals surface area contributed by atoms with E-state index in [9.17, 15) is 0 Å². The molecule has 0 saturated carbocycles. The molecule has 3 rings (SSSR count). The van der Waals surface area contributed by atoms with Gasteiger partial charge in [-0.2, -0.15) is 0 Å². The molecule has 5 heteroatoms. The molecule has 1 aliphatic heterocycles. The van der Waals surface area contributed by atoms with Gasteiger partial charge in [-0.1, -0.05) is 29.8 Å². The highest BCUT2D eigenvalue weighted by atomic mass is 35.5. The van der Waals surface area contributed by atoms with E-state index in [0.717, 1.165) is 53.7 Å². The van der Waals surface area contributed by atoms with Crippen molar-refractivity contribution in [1.29, 1.82) is 0 Å². The fraction of sp³-hybridized carbons (Fsp3) is 0.478. The second kappa shape index (κ2) is 9.64. The number of halogens is 1. The average Bonchev–Trinajstić information content (AvgIpc) is 3.11. The first-order valence-corrected chi connectivity index (χ1v) is 10.3.